The van der Waals surface area contributed by atoms with Gasteiger partial charge in [0, 0.05) is 37.8 Å². The van der Waals surface area contributed by atoms with Crippen molar-refractivity contribution in [1.29, 1.82) is 0 Å². The molecule has 1 amide bonds. The molecule has 0 saturated carbocycles. The Morgan fingerprint density at radius 2 is 1.96 bits per heavy atom. The van der Waals surface area contributed by atoms with E-state index in [4.69, 9.17) is 0 Å². The van der Waals surface area contributed by atoms with Crippen LogP contribution in [-0.4, -0.2) is 58.7 Å². The highest BCUT2D eigenvalue weighted by molar-refractivity contribution is 5.77. The molecule has 2 rings (SSSR count). The minimum atomic E-state index is 0.279. The van der Waals surface area contributed by atoms with Gasteiger partial charge in [-0.25, -0.2) is 0 Å². The van der Waals surface area contributed by atoms with Crippen molar-refractivity contribution in [3.8, 4) is 0 Å². The second kappa shape index (κ2) is 7.68. The summed E-state index contributed by atoms with van der Waals surface area (Å²) in [5.74, 6) is 1.40. The Labute approximate surface area is 147 Å². The molecule has 1 fully saturated rings. The van der Waals surface area contributed by atoms with Crippen molar-refractivity contribution in [1.82, 2.24) is 19.6 Å². The summed E-state index contributed by atoms with van der Waals surface area (Å²) < 4.78 is 2.10. The number of rotatable bonds is 6. The van der Waals surface area contributed by atoms with E-state index in [1.807, 2.05) is 4.90 Å². The van der Waals surface area contributed by atoms with E-state index in [0.29, 0.717) is 24.3 Å². The van der Waals surface area contributed by atoms with Crippen LogP contribution in [-0.2, 0) is 17.8 Å². The molecule has 0 radical (unpaired) electrons. The monoisotopic (exact) mass is 334 g/mol. The van der Waals surface area contributed by atoms with Crippen LogP contribution in [0.15, 0.2) is 0 Å². The van der Waals surface area contributed by atoms with E-state index in [1.165, 1.54) is 11.3 Å². The van der Waals surface area contributed by atoms with Gasteiger partial charge in [-0.15, -0.1) is 0 Å². The lowest BCUT2D eigenvalue weighted by Crippen LogP contribution is -2.35. The lowest BCUT2D eigenvalue weighted by Gasteiger charge is -2.22. The molecular formula is C19H34N4O. The lowest BCUT2D eigenvalue weighted by molar-refractivity contribution is -0.130. The first-order valence-electron chi connectivity index (χ1n) is 9.17. The number of nitrogens with zero attached hydrogens (tertiary/aromatic N) is 4. The number of hydrogen-bond donors (Lipinski definition) is 0. The molecule has 136 valence electrons. The molecule has 1 aliphatic heterocycles. The van der Waals surface area contributed by atoms with Crippen LogP contribution in [0.4, 0.5) is 0 Å². The summed E-state index contributed by atoms with van der Waals surface area (Å²) in [5.41, 5.74) is 3.54. The highest BCUT2D eigenvalue weighted by atomic mass is 16.2. The molecule has 1 aliphatic rings. The van der Waals surface area contributed by atoms with E-state index in [-0.39, 0.29) is 5.91 Å². The number of carbonyl (C=O) groups excluding carboxylic acids is 1. The molecule has 5 heteroatoms. The molecule has 2 atom stereocenters. The Balaban J connectivity index is 1.96. The third kappa shape index (κ3) is 4.18. The summed E-state index contributed by atoms with van der Waals surface area (Å²) >= 11 is 0. The van der Waals surface area contributed by atoms with E-state index in [1.54, 1.807) is 0 Å². The predicted molar refractivity (Wildman–Crippen MR) is 98.1 cm³/mol. The van der Waals surface area contributed by atoms with Gasteiger partial charge in [-0.3, -0.25) is 9.48 Å². The van der Waals surface area contributed by atoms with Crippen molar-refractivity contribution >= 4 is 5.91 Å². The zero-order chi connectivity index (χ0) is 18.0. The number of aromatic nitrogens is 2. The Morgan fingerprint density at radius 1 is 1.29 bits per heavy atom. The second-order valence-electron chi connectivity index (χ2n) is 8.03. The van der Waals surface area contributed by atoms with Gasteiger partial charge in [0.25, 0.3) is 0 Å². The molecule has 0 spiro atoms. The van der Waals surface area contributed by atoms with E-state index < -0.39 is 0 Å². The van der Waals surface area contributed by atoms with Gasteiger partial charge < -0.3 is 9.80 Å². The summed E-state index contributed by atoms with van der Waals surface area (Å²) in [7, 11) is 4.20. The maximum Gasteiger partial charge on any atom is 0.222 e. The Hall–Kier alpha value is -1.36. The molecular weight excluding hydrogens is 300 g/mol. The van der Waals surface area contributed by atoms with Crippen LogP contribution in [0.3, 0.4) is 0 Å². The molecule has 24 heavy (non-hydrogen) atoms. The molecule has 5 nitrogen and oxygen atoms in total. The summed E-state index contributed by atoms with van der Waals surface area (Å²) in [6.45, 7) is 13.5. The van der Waals surface area contributed by atoms with Gasteiger partial charge in [0.05, 0.1) is 5.69 Å². The minimum Gasteiger partial charge on any atom is -0.341 e. The Bertz CT molecular complexity index is 576. The van der Waals surface area contributed by atoms with Crippen molar-refractivity contribution < 1.29 is 4.79 Å². The van der Waals surface area contributed by atoms with Gasteiger partial charge in [0.1, 0.15) is 0 Å². The van der Waals surface area contributed by atoms with Crippen LogP contribution in [0.5, 0.6) is 0 Å². The van der Waals surface area contributed by atoms with Gasteiger partial charge in [-0.2, -0.15) is 5.10 Å². The Morgan fingerprint density at radius 3 is 2.50 bits per heavy atom. The smallest absolute Gasteiger partial charge is 0.222 e. The summed E-state index contributed by atoms with van der Waals surface area (Å²) in [6.07, 6.45) is 1.38. The lowest BCUT2D eigenvalue weighted by atomic mass is 10.1. The first-order chi connectivity index (χ1) is 11.2. The first kappa shape index (κ1) is 19.0. The van der Waals surface area contributed by atoms with E-state index >= 15 is 0 Å². The van der Waals surface area contributed by atoms with Gasteiger partial charge in [-0.1, -0.05) is 20.8 Å². The fraction of sp³-hybridized carbons (Fsp3) is 0.789. The maximum absolute atomic E-state index is 12.6. The van der Waals surface area contributed by atoms with Crippen molar-refractivity contribution in [3.05, 3.63) is 17.0 Å². The second-order valence-corrected chi connectivity index (χ2v) is 8.03. The number of likely N-dealkylation sites (tertiary alicyclic amines) is 1. The van der Waals surface area contributed by atoms with Gasteiger partial charge in [-0.05, 0) is 51.8 Å². The number of aryl methyl sites for hydroxylation is 1. The zero-order valence-corrected chi connectivity index (χ0v) is 16.5. The van der Waals surface area contributed by atoms with Crippen LogP contribution >= 0.6 is 0 Å². The summed E-state index contributed by atoms with van der Waals surface area (Å²) in [4.78, 5) is 16.9. The molecule has 1 saturated heterocycles. The number of likely N-dealkylation sites (N-methyl/N-ethyl adjacent to an activating group) is 1. The van der Waals surface area contributed by atoms with Crippen molar-refractivity contribution in [2.75, 3.05) is 27.2 Å². The first-order valence-corrected chi connectivity index (χ1v) is 9.17. The molecule has 0 N–H and O–H groups in total. The van der Waals surface area contributed by atoms with E-state index in [0.717, 1.165) is 31.7 Å². The van der Waals surface area contributed by atoms with Crippen molar-refractivity contribution in [3.63, 3.8) is 0 Å². The SMILES string of the molecule is Cc1nn(CC(C)C)c(C)c1CCC(=O)N1C[C@@H](N(C)C)[C@@H](C)C1. The molecule has 1 aromatic heterocycles. The fourth-order valence-corrected chi connectivity index (χ4v) is 3.83. The normalized spacial score (nSPS) is 21.3. The van der Waals surface area contributed by atoms with Crippen molar-refractivity contribution in [2.24, 2.45) is 11.8 Å². The van der Waals surface area contributed by atoms with E-state index in [9.17, 15) is 4.79 Å². The highest BCUT2D eigenvalue weighted by Crippen LogP contribution is 2.22. The molecule has 0 aliphatic carbocycles. The molecule has 0 bridgehead atoms. The molecule has 1 aromatic rings. The largest absolute Gasteiger partial charge is 0.341 e. The van der Waals surface area contributed by atoms with Crippen LogP contribution in [0.25, 0.3) is 0 Å². The summed E-state index contributed by atoms with van der Waals surface area (Å²) in [5, 5.41) is 4.66. The third-order valence-corrected chi connectivity index (χ3v) is 5.25. The van der Waals surface area contributed by atoms with Crippen molar-refractivity contribution in [2.45, 2.75) is 60.0 Å². The van der Waals surface area contributed by atoms with Gasteiger partial charge in [0.15, 0.2) is 0 Å². The molecule has 0 unspecified atom stereocenters. The highest BCUT2D eigenvalue weighted by Gasteiger charge is 2.33. The van der Waals surface area contributed by atoms with Crippen LogP contribution in [0.2, 0.25) is 0 Å². The van der Waals surface area contributed by atoms with Gasteiger partial charge >= 0.3 is 0 Å². The zero-order valence-electron chi connectivity index (χ0n) is 16.5. The molecule has 0 aromatic carbocycles. The van der Waals surface area contributed by atoms with E-state index in [2.05, 4.69) is 63.4 Å². The average Bonchev–Trinajstić information content (AvgIpc) is 2.98. The van der Waals surface area contributed by atoms with Crippen LogP contribution in [0.1, 0.15) is 44.1 Å². The fourth-order valence-electron chi connectivity index (χ4n) is 3.83. The van der Waals surface area contributed by atoms with Crippen LogP contribution < -0.4 is 0 Å². The van der Waals surface area contributed by atoms with Crippen LogP contribution in [0, 0.1) is 25.7 Å². The minimum absolute atomic E-state index is 0.279. The number of carbonyl (C=O) groups is 1. The summed E-state index contributed by atoms with van der Waals surface area (Å²) in [6, 6.07) is 0.478. The maximum atomic E-state index is 12.6. The quantitative estimate of drug-likeness (QED) is 0.803. The topological polar surface area (TPSA) is 41.4 Å². The standard InChI is InChI=1S/C19H34N4O/c1-13(2)10-23-16(5)17(15(4)20-23)8-9-19(24)22-11-14(3)18(12-22)21(6)7/h13-14,18H,8-12H2,1-7H3/t14-,18+/m0/s1. The Kier molecular flexibility index (Phi) is 6.07. The predicted octanol–water partition coefficient (Wildman–Crippen LogP) is 2.50. The molecule has 2 heterocycles. The third-order valence-electron chi connectivity index (χ3n) is 5.25. The number of amides is 1. The van der Waals surface area contributed by atoms with Gasteiger partial charge in [0.2, 0.25) is 5.91 Å². The average molecular weight is 335 g/mol. The number of hydrogen-bond acceptors (Lipinski definition) is 3.